The first-order chi connectivity index (χ1) is 13.4. The monoisotopic (exact) mass is 399 g/mol. The Labute approximate surface area is 166 Å². The molecule has 1 fully saturated rings. The van der Waals surface area contributed by atoms with Gasteiger partial charge in [0.1, 0.15) is 16.5 Å². The molecule has 5 nitrogen and oxygen atoms in total. The van der Waals surface area contributed by atoms with Crippen LogP contribution in [-0.2, 0) is 11.2 Å². The Bertz CT molecular complexity index is 1100. The minimum Gasteiger partial charge on any atom is -0.342 e. The first kappa shape index (κ1) is 18.8. The van der Waals surface area contributed by atoms with Gasteiger partial charge in [0.15, 0.2) is 0 Å². The van der Waals surface area contributed by atoms with Crippen LogP contribution in [0.3, 0.4) is 0 Å². The number of halogens is 1. The number of hydrogen-bond acceptors (Lipinski definition) is 4. The summed E-state index contributed by atoms with van der Waals surface area (Å²) in [5.74, 6) is 0.172. The molecule has 1 aromatic carbocycles. The van der Waals surface area contributed by atoms with Crippen LogP contribution in [-0.4, -0.2) is 33.9 Å². The summed E-state index contributed by atoms with van der Waals surface area (Å²) in [4.78, 5) is 36.5. The minimum atomic E-state index is -0.357. The van der Waals surface area contributed by atoms with Crippen molar-refractivity contribution in [3.05, 3.63) is 62.3 Å². The van der Waals surface area contributed by atoms with E-state index in [1.54, 1.807) is 23.1 Å². The van der Waals surface area contributed by atoms with Crippen LogP contribution < -0.4 is 5.56 Å². The van der Waals surface area contributed by atoms with E-state index in [1.165, 1.54) is 17.4 Å². The van der Waals surface area contributed by atoms with Crippen LogP contribution in [0, 0.1) is 19.7 Å². The van der Waals surface area contributed by atoms with Crippen LogP contribution in [0.4, 0.5) is 4.39 Å². The molecule has 0 spiro atoms. The van der Waals surface area contributed by atoms with Crippen molar-refractivity contribution in [2.24, 2.45) is 0 Å². The van der Waals surface area contributed by atoms with E-state index in [4.69, 9.17) is 4.98 Å². The van der Waals surface area contributed by atoms with E-state index in [9.17, 15) is 14.0 Å². The maximum atomic E-state index is 13.9. The minimum absolute atomic E-state index is 0.0156. The molecule has 146 valence electrons. The molecule has 1 aliphatic rings. The van der Waals surface area contributed by atoms with Crippen LogP contribution in [0.1, 0.15) is 40.6 Å². The van der Waals surface area contributed by atoms with Gasteiger partial charge in [0.2, 0.25) is 5.91 Å². The zero-order chi connectivity index (χ0) is 19.8. The normalized spacial score (nSPS) is 17.2. The number of rotatable bonds is 3. The van der Waals surface area contributed by atoms with Gasteiger partial charge in [-0.15, -0.1) is 11.3 Å². The molecule has 7 heteroatoms. The molecule has 0 aliphatic carbocycles. The van der Waals surface area contributed by atoms with Crippen molar-refractivity contribution in [1.82, 2.24) is 14.9 Å². The number of amides is 1. The summed E-state index contributed by atoms with van der Waals surface area (Å²) in [7, 11) is 0. The highest BCUT2D eigenvalue weighted by molar-refractivity contribution is 7.18. The fourth-order valence-electron chi connectivity index (χ4n) is 3.81. The standard InChI is InChI=1S/C21H22FN3O2S/c1-12-13(2)28-21-18(12)20(27)23-19(24-21)15-7-5-9-25(11-15)17(26)10-14-6-3-4-8-16(14)22/h3-4,6,8,15H,5,7,9-11H2,1-2H3,(H,23,24,27)/t15-/m0/s1. The van der Waals surface area contributed by atoms with Gasteiger partial charge >= 0.3 is 0 Å². The molecule has 1 aliphatic heterocycles. The van der Waals surface area contributed by atoms with Crippen molar-refractivity contribution in [2.45, 2.75) is 39.0 Å². The first-order valence-electron chi connectivity index (χ1n) is 9.45. The molecule has 28 heavy (non-hydrogen) atoms. The summed E-state index contributed by atoms with van der Waals surface area (Å²) < 4.78 is 13.9. The van der Waals surface area contributed by atoms with Gasteiger partial charge in [-0.1, -0.05) is 18.2 Å². The number of aryl methyl sites for hydroxylation is 2. The molecule has 0 saturated carbocycles. The number of aromatic amines is 1. The van der Waals surface area contributed by atoms with Crippen molar-refractivity contribution < 1.29 is 9.18 Å². The fourth-order valence-corrected chi connectivity index (χ4v) is 4.85. The lowest BCUT2D eigenvalue weighted by Gasteiger charge is -2.32. The maximum Gasteiger partial charge on any atom is 0.259 e. The van der Waals surface area contributed by atoms with Crippen LogP contribution in [0.5, 0.6) is 0 Å². The average Bonchev–Trinajstić information content (AvgIpc) is 2.98. The molecule has 0 bridgehead atoms. The van der Waals surface area contributed by atoms with E-state index >= 15 is 0 Å². The van der Waals surface area contributed by atoms with Gasteiger partial charge in [0, 0.05) is 23.9 Å². The molecule has 0 unspecified atom stereocenters. The average molecular weight is 399 g/mol. The SMILES string of the molecule is Cc1sc2nc([C@H]3CCCN(C(=O)Cc4ccccc4F)C3)[nH]c(=O)c2c1C. The second-order valence-corrected chi connectivity index (χ2v) is 8.56. The Kier molecular flexibility index (Phi) is 5.02. The Morgan fingerprint density at radius 1 is 1.36 bits per heavy atom. The number of fused-ring (bicyclic) bond motifs is 1. The Balaban J connectivity index is 1.55. The molecular weight excluding hydrogens is 377 g/mol. The van der Waals surface area contributed by atoms with Crippen molar-refractivity contribution in [2.75, 3.05) is 13.1 Å². The van der Waals surface area contributed by atoms with Crippen LogP contribution in [0.25, 0.3) is 10.2 Å². The fraction of sp³-hybridized carbons (Fsp3) is 0.381. The predicted molar refractivity (Wildman–Crippen MR) is 108 cm³/mol. The number of benzene rings is 1. The number of carbonyl (C=O) groups is 1. The third kappa shape index (κ3) is 3.46. The quantitative estimate of drug-likeness (QED) is 0.730. The Morgan fingerprint density at radius 3 is 2.93 bits per heavy atom. The number of H-pyrrole nitrogens is 1. The van der Waals surface area contributed by atoms with Gasteiger partial charge in [-0.2, -0.15) is 0 Å². The summed E-state index contributed by atoms with van der Waals surface area (Å²) in [6, 6.07) is 6.37. The van der Waals surface area contributed by atoms with Gasteiger partial charge in [-0.3, -0.25) is 9.59 Å². The van der Waals surface area contributed by atoms with Crippen molar-refractivity contribution in [1.29, 1.82) is 0 Å². The third-order valence-electron chi connectivity index (χ3n) is 5.52. The lowest BCUT2D eigenvalue weighted by atomic mass is 9.96. The molecule has 3 heterocycles. The van der Waals surface area contributed by atoms with Gasteiger partial charge < -0.3 is 9.88 Å². The number of carbonyl (C=O) groups excluding carboxylic acids is 1. The topological polar surface area (TPSA) is 66.1 Å². The largest absolute Gasteiger partial charge is 0.342 e. The molecular formula is C21H22FN3O2S. The van der Waals surface area contributed by atoms with Crippen LogP contribution >= 0.6 is 11.3 Å². The number of piperidine rings is 1. The second-order valence-electron chi connectivity index (χ2n) is 7.36. The molecule has 4 rings (SSSR count). The number of thiophene rings is 1. The molecule has 1 N–H and O–H groups in total. The zero-order valence-corrected chi connectivity index (χ0v) is 16.7. The Hall–Kier alpha value is -2.54. The summed E-state index contributed by atoms with van der Waals surface area (Å²) in [6.45, 7) is 5.07. The smallest absolute Gasteiger partial charge is 0.259 e. The van der Waals surface area contributed by atoms with E-state index in [2.05, 4.69) is 4.98 Å². The van der Waals surface area contributed by atoms with Gasteiger partial charge in [-0.25, -0.2) is 9.37 Å². The van der Waals surface area contributed by atoms with Gasteiger partial charge in [0.05, 0.1) is 11.8 Å². The van der Waals surface area contributed by atoms with E-state index in [0.717, 1.165) is 28.1 Å². The van der Waals surface area contributed by atoms with Crippen molar-refractivity contribution in [3.8, 4) is 0 Å². The van der Waals surface area contributed by atoms with Crippen molar-refractivity contribution in [3.63, 3.8) is 0 Å². The summed E-state index contributed by atoms with van der Waals surface area (Å²) in [5, 5.41) is 0.662. The molecule has 3 aromatic rings. The predicted octanol–water partition coefficient (Wildman–Crippen LogP) is 3.69. The lowest BCUT2D eigenvalue weighted by molar-refractivity contribution is -0.131. The molecule has 1 atom stereocenters. The van der Waals surface area contributed by atoms with Gasteiger partial charge in [0.25, 0.3) is 5.56 Å². The number of hydrogen-bond donors (Lipinski definition) is 1. The molecule has 2 aromatic heterocycles. The van der Waals surface area contributed by atoms with E-state index in [-0.39, 0.29) is 29.6 Å². The van der Waals surface area contributed by atoms with Crippen LogP contribution in [0.2, 0.25) is 0 Å². The number of likely N-dealkylation sites (tertiary alicyclic amines) is 1. The number of nitrogens with one attached hydrogen (secondary N) is 1. The number of aromatic nitrogens is 2. The highest BCUT2D eigenvalue weighted by Gasteiger charge is 2.27. The van der Waals surface area contributed by atoms with Crippen LogP contribution in [0.15, 0.2) is 29.1 Å². The van der Waals surface area contributed by atoms with Crippen molar-refractivity contribution >= 4 is 27.5 Å². The highest BCUT2D eigenvalue weighted by Crippen LogP contribution is 2.29. The van der Waals surface area contributed by atoms with Gasteiger partial charge in [-0.05, 0) is 43.9 Å². The highest BCUT2D eigenvalue weighted by atomic mass is 32.1. The van der Waals surface area contributed by atoms with E-state index in [0.29, 0.717) is 29.9 Å². The molecule has 1 saturated heterocycles. The summed E-state index contributed by atoms with van der Waals surface area (Å²) in [5.41, 5.74) is 1.27. The Morgan fingerprint density at radius 2 is 2.14 bits per heavy atom. The zero-order valence-electron chi connectivity index (χ0n) is 15.9. The summed E-state index contributed by atoms with van der Waals surface area (Å²) >= 11 is 1.53. The van der Waals surface area contributed by atoms with E-state index < -0.39 is 0 Å². The molecule has 1 amide bonds. The molecule has 0 radical (unpaired) electrons. The van der Waals surface area contributed by atoms with E-state index in [1.807, 2.05) is 13.8 Å². The maximum absolute atomic E-state index is 13.9. The lowest BCUT2D eigenvalue weighted by Crippen LogP contribution is -2.40. The third-order valence-corrected chi connectivity index (χ3v) is 6.62. The summed E-state index contributed by atoms with van der Waals surface area (Å²) in [6.07, 6.45) is 1.74. The number of nitrogens with zero attached hydrogens (tertiary/aromatic N) is 2. The first-order valence-corrected chi connectivity index (χ1v) is 10.3. The second kappa shape index (κ2) is 7.47.